The van der Waals surface area contributed by atoms with Crippen molar-refractivity contribution in [1.82, 2.24) is 4.98 Å². The Hall–Kier alpha value is -1.58. The predicted octanol–water partition coefficient (Wildman–Crippen LogP) is 4.60. The molecule has 0 radical (unpaired) electrons. The Morgan fingerprint density at radius 3 is 2.71 bits per heavy atom. The second kappa shape index (κ2) is 7.43. The third-order valence-electron chi connectivity index (χ3n) is 2.86. The Kier molecular flexibility index (Phi) is 5.59. The molecule has 0 saturated carbocycles. The second-order valence-corrected chi connectivity index (χ2v) is 5.42. The summed E-state index contributed by atoms with van der Waals surface area (Å²) in [7, 11) is 0. The van der Waals surface area contributed by atoms with Crippen molar-refractivity contribution in [2.45, 2.75) is 19.8 Å². The first-order valence-corrected chi connectivity index (χ1v) is 7.40. The highest BCUT2D eigenvalue weighted by atomic mass is 35.5. The number of Topliss-reactive ketones (excluding diaryl/α,β-unsaturated/α-hetero) is 1. The van der Waals surface area contributed by atoms with Crippen LogP contribution in [0.3, 0.4) is 0 Å². The van der Waals surface area contributed by atoms with Gasteiger partial charge in [-0.1, -0.05) is 36.2 Å². The summed E-state index contributed by atoms with van der Waals surface area (Å²) in [5.41, 5.74) is 1.34. The molecule has 0 N–H and O–H groups in total. The van der Waals surface area contributed by atoms with Gasteiger partial charge in [-0.3, -0.25) is 9.78 Å². The third kappa shape index (κ3) is 4.45. The Bertz CT molecular complexity index is 644. The van der Waals surface area contributed by atoms with Crippen LogP contribution < -0.4 is 4.74 Å². The normalized spacial score (nSPS) is 10.4. The smallest absolute Gasteiger partial charge is 0.168 e. The molecule has 21 heavy (non-hydrogen) atoms. The minimum absolute atomic E-state index is 0.0390. The van der Waals surface area contributed by atoms with E-state index in [-0.39, 0.29) is 12.2 Å². The molecule has 0 aliphatic carbocycles. The van der Waals surface area contributed by atoms with Gasteiger partial charge in [0.25, 0.3) is 0 Å². The fraction of sp³-hybridized carbons (Fsp3) is 0.250. The van der Waals surface area contributed by atoms with Gasteiger partial charge in [0.1, 0.15) is 5.75 Å². The van der Waals surface area contributed by atoms with Gasteiger partial charge in [-0.2, -0.15) is 0 Å². The SMILES string of the molecule is CCCOc1cncc(C(=O)Cc2ccc(Cl)c(Cl)c2)c1. The first-order chi connectivity index (χ1) is 10.1. The molecule has 0 spiro atoms. The van der Waals surface area contributed by atoms with Gasteiger partial charge in [0.15, 0.2) is 5.78 Å². The van der Waals surface area contributed by atoms with Crippen molar-refractivity contribution in [2.24, 2.45) is 0 Å². The zero-order valence-corrected chi connectivity index (χ0v) is 13.1. The van der Waals surface area contributed by atoms with Crippen molar-refractivity contribution < 1.29 is 9.53 Å². The van der Waals surface area contributed by atoms with Gasteiger partial charge in [0.2, 0.25) is 0 Å². The van der Waals surface area contributed by atoms with E-state index in [9.17, 15) is 4.79 Å². The van der Waals surface area contributed by atoms with Crippen LogP contribution in [0, 0.1) is 0 Å². The molecule has 5 heteroatoms. The molecule has 0 fully saturated rings. The summed E-state index contributed by atoms with van der Waals surface area (Å²) in [4.78, 5) is 16.3. The van der Waals surface area contributed by atoms with Crippen LogP contribution in [0.25, 0.3) is 0 Å². The number of rotatable bonds is 6. The monoisotopic (exact) mass is 323 g/mol. The maximum Gasteiger partial charge on any atom is 0.168 e. The summed E-state index contributed by atoms with van der Waals surface area (Å²) in [5.74, 6) is 0.569. The van der Waals surface area contributed by atoms with Crippen LogP contribution in [-0.4, -0.2) is 17.4 Å². The number of hydrogen-bond acceptors (Lipinski definition) is 3. The molecule has 110 valence electrons. The Morgan fingerprint density at radius 2 is 2.00 bits per heavy atom. The van der Waals surface area contributed by atoms with Gasteiger partial charge in [-0.05, 0) is 30.2 Å². The number of aromatic nitrogens is 1. The molecule has 0 aliphatic rings. The minimum atomic E-state index is -0.0390. The summed E-state index contributed by atoms with van der Waals surface area (Å²) in [6.45, 7) is 2.62. The quantitative estimate of drug-likeness (QED) is 0.729. The molecular weight excluding hydrogens is 309 g/mol. The van der Waals surface area contributed by atoms with E-state index in [1.54, 1.807) is 36.7 Å². The summed E-state index contributed by atoms with van der Waals surface area (Å²) in [5, 5.41) is 0.921. The zero-order chi connectivity index (χ0) is 15.2. The fourth-order valence-electron chi connectivity index (χ4n) is 1.81. The molecule has 1 aromatic heterocycles. The topological polar surface area (TPSA) is 39.2 Å². The first kappa shape index (κ1) is 15.8. The highest BCUT2D eigenvalue weighted by molar-refractivity contribution is 6.42. The van der Waals surface area contributed by atoms with Gasteiger partial charge in [-0.25, -0.2) is 0 Å². The first-order valence-electron chi connectivity index (χ1n) is 6.65. The van der Waals surface area contributed by atoms with Crippen LogP contribution in [0.5, 0.6) is 5.75 Å². The standard InChI is InChI=1S/C16H15Cl2NO2/c1-2-5-21-13-8-12(9-19-10-13)16(20)7-11-3-4-14(17)15(18)6-11/h3-4,6,8-10H,2,5,7H2,1H3. The number of benzene rings is 1. The van der Waals surface area contributed by atoms with Gasteiger partial charge >= 0.3 is 0 Å². The van der Waals surface area contributed by atoms with E-state index in [0.29, 0.717) is 28.0 Å². The summed E-state index contributed by atoms with van der Waals surface area (Å²) in [6, 6.07) is 6.89. The molecule has 2 rings (SSSR count). The van der Waals surface area contributed by atoms with Gasteiger partial charge in [0, 0.05) is 18.2 Å². The highest BCUT2D eigenvalue weighted by Gasteiger charge is 2.10. The molecule has 1 aromatic carbocycles. The molecule has 0 aliphatic heterocycles. The highest BCUT2D eigenvalue weighted by Crippen LogP contribution is 2.23. The Balaban J connectivity index is 2.10. The number of pyridine rings is 1. The van der Waals surface area contributed by atoms with Gasteiger partial charge in [0.05, 0.1) is 22.8 Å². The van der Waals surface area contributed by atoms with E-state index in [0.717, 1.165) is 12.0 Å². The molecule has 0 saturated heterocycles. The van der Waals surface area contributed by atoms with E-state index in [1.807, 2.05) is 6.92 Å². The number of nitrogens with zero attached hydrogens (tertiary/aromatic N) is 1. The van der Waals surface area contributed by atoms with Crippen molar-refractivity contribution in [3.63, 3.8) is 0 Å². The molecule has 2 aromatic rings. The van der Waals surface area contributed by atoms with Crippen LogP contribution in [0.4, 0.5) is 0 Å². The lowest BCUT2D eigenvalue weighted by atomic mass is 10.0. The van der Waals surface area contributed by atoms with Crippen molar-refractivity contribution in [3.05, 3.63) is 57.8 Å². The number of halogens is 2. The third-order valence-corrected chi connectivity index (χ3v) is 3.60. The van der Waals surface area contributed by atoms with E-state index in [4.69, 9.17) is 27.9 Å². The molecule has 3 nitrogen and oxygen atoms in total. The molecule has 0 bridgehead atoms. The van der Waals surface area contributed by atoms with Crippen LogP contribution >= 0.6 is 23.2 Å². The lowest BCUT2D eigenvalue weighted by molar-refractivity contribution is 0.0992. The van der Waals surface area contributed by atoms with E-state index < -0.39 is 0 Å². The number of ketones is 1. The largest absolute Gasteiger partial charge is 0.492 e. The minimum Gasteiger partial charge on any atom is -0.492 e. The van der Waals surface area contributed by atoms with E-state index >= 15 is 0 Å². The number of ether oxygens (including phenoxy) is 1. The number of carbonyl (C=O) groups is 1. The van der Waals surface area contributed by atoms with Crippen molar-refractivity contribution in [2.75, 3.05) is 6.61 Å². The van der Waals surface area contributed by atoms with Crippen LogP contribution in [0.2, 0.25) is 10.0 Å². The second-order valence-electron chi connectivity index (χ2n) is 4.61. The summed E-state index contributed by atoms with van der Waals surface area (Å²) in [6.07, 6.45) is 4.29. The lowest BCUT2D eigenvalue weighted by Gasteiger charge is -2.06. The molecule has 0 amide bonds. The number of hydrogen-bond donors (Lipinski definition) is 0. The molecule has 1 heterocycles. The van der Waals surface area contributed by atoms with Crippen molar-refractivity contribution in [1.29, 1.82) is 0 Å². The van der Waals surface area contributed by atoms with Crippen LogP contribution in [-0.2, 0) is 6.42 Å². The summed E-state index contributed by atoms with van der Waals surface area (Å²) < 4.78 is 5.48. The fourth-order valence-corrected chi connectivity index (χ4v) is 2.13. The maximum absolute atomic E-state index is 12.3. The molecule has 0 unspecified atom stereocenters. The van der Waals surface area contributed by atoms with Gasteiger partial charge in [-0.15, -0.1) is 0 Å². The van der Waals surface area contributed by atoms with Crippen molar-refractivity contribution >= 4 is 29.0 Å². The zero-order valence-electron chi connectivity index (χ0n) is 11.6. The van der Waals surface area contributed by atoms with Crippen molar-refractivity contribution in [3.8, 4) is 5.75 Å². The Labute approximate surface area is 133 Å². The lowest BCUT2D eigenvalue weighted by Crippen LogP contribution is -2.05. The number of carbonyl (C=O) groups excluding carboxylic acids is 1. The maximum atomic E-state index is 12.3. The van der Waals surface area contributed by atoms with Crippen LogP contribution in [0.1, 0.15) is 29.3 Å². The molecular formula is C16H15Cl2NO2. The van der Waals surface area contributed by atoms with E-state index in [2.05, 4.69) is 4.98 Å². The molecule has 0 atom stereocenters. The van der Waals surface area contributed by atoms with E-state index in [1.165, 1.54) is 0 Å². The predicted molar refractivity (Wildman–Crippen MR) is 84.5 cm³/mol. The average Bonchev–Trinajstić information content (AvgIpc) is 2.49. The van der Waals surface area contributed by atoms with Crippen LogP contribution in [0.15, 0.2) is 36.7 Å². The van der Waals surface area contributed by atoms with Gasteiger partial charge < -0.3 is 4.74 Å². The average molecular weight is 324 g/mol. The summed E-state index contributed by atoms with van der Waals surface area (Å²) >= 11 is 11.8. The Morgan fingerprint density at radius 1 is 1.19 bits per heavy atom.